The first-order valence-corrected chi connectivity index (χ1v) is 9.53. The maximum absolute atomic E-state index is 5.73. The lowest BCUT2D eigenvalue weighted by atomic mass is 10.2. The molecule has 1 aliphatic heterocycles. The van der Waals surface area contributed by atoms with Crippen LogP contribution in [0.1, 0.15) is 38.5 Å². The highest BCUT2D eigenvalue weighted by Gasteiger charge is 2.13. The molecule has 14 heavy (non-hydrogen) atoms. The fraction of sp³-hybridized carbons (Fsp3) is 1.00. The molecular formula is C10H23NOSSi. The van der Waals surface area contributed by atoms with Crippen LogP contribution in [-0.2, 0) is 4.74 Å². The second-order valence-electron chi connectivity index (χ2n) is 3.91. The average molecular weight is 233 g/mol. The lowest BCUT2D eigenvalue weighted by Crippen LogP contribution is -2.23. The Balaban J connectivity index is 1.82. The highest BCUT2D eigenvalue weighted by Crippen LogP contribution is 2.16. The molecule has 0 aromatic carbocycles. The molecule has 0 saturated carbocycles. The number of hydrogen-bond donors (Lipinski definition) is 1. The first-order chi connectivity index (χ1) is 6.93. The zero-order valence-corrected chi connectivity index (χ0v) is 11.3. The maximum atomic E-state index is 5.73. The Bertz CT molecular complexity index is 131. The van der Waals surface area contributed by atoms with Crippen molar-refractivity contribution in [2.45, 2.75) is 44.3 Å². The van der Waals surface area contributed by atoms with E-state index in [1.165, 1.54) is 44.3 Å². The standard InChI is InChI=1S/C10H23NOSSi/c11-7-3-1-5-9-13-14-10-6-2-4-8-12-10/h10H,1-9,11,14H2. The molecule has 2 N–H and O–H groups in total. The zero-order valence-electron chi connectivity index (χ0n) is 9.04. The van der Waals surface area contributed by atoms with Gasteiger partial charge < -0.3 is 10.5 Å². The molecule has 0 bridgehead atoms. The number of ether oxygens (including phenoxy) is 1. The van der Waals surface area contributed by atoms with Gasteiger partial charge in [-0.05, 0) is 44.4 Å². The highest BCUT2D eigenvalue weighted by atomic mass is 32.4. The molecule has 1 fully saturated rings. The van der Waals surface area contributed by atoms with E-state index in [0.29, 0.717) is 5.73 Å². The Labute approximate surface area is 93.8 Å². The fourth-order valence-electron chi connectivity index (χ4n) is 1.68. The molecule has 0 spiro atoms. The lowest BCUT2D eigenvalue weighted by molar-refractivity contribution is 0.0668. The molecule has 1 saturated heterocycles. The monoisotopic (exact) mass is 233 g/mol. The molecule has 2 nitrogen and oxygen atoms in total. The van der Waals surface area contributed by atoms with E-state index >= 15 is 0 Å². The molecule has 0 amide bonds. The van der Waals surface area contributed by atoms with Gasteiger partial charge in [-0.25, -0.2) is 0 Å². The number of unbranched alkanes of at least 4 members (excludes halogenated alkanes) is 2. The van der Waals surface area contributed by atoms with Crippen LogP contribution in [0.3, 0.4) is 0 Å². The van der Waals surface area contributed by atoms with Gasteiger partial charge in [0.25, 0.3) is 0 Å². The first-order valence-electron chi connectivity index (χ1n) is 5.83. The van der Waals surface area contributed by atoms with E-state index in [0.717, 1.165) is 13.2 Å². The third kappa shape index (κ3) is 6.06. The van der Waals surface area contributed by atoms with Crippen molar-refractivity contribution in [2.24, 2.45) is 5.73 Å². The topological polar surface area (TPSA) is 35.2 Å². The summed E-state index contributed by atoms with van der Waals surface area (Å²) in [6.45, 7) is 1.87. The van der Waals surface area contributed by atoms with Gasteiger partial charge in [-0.15, -0.1) is 0 Å². The van der Waals surface area contributed by atoms with E-state index in [-0.39, 0.29) is 8.67 Å². The van der Waals surface area contributed by atoms with Gasteiger partial charge >= 0.3 is 0 Å². The van der Waals surface area contributed by atoms with E-state index in [1.807, 2.05) is 0 Å². The van der Waals surface area contributed by atoms with E-state index in [2.05, 4.69) is 11.2 Å². The van der Waals surface area contributed by atoms with Gasteiger partial charge in [-0.2, -0.15) is 11.2 Å². The smallest absolute Gasteiger partial charge is 0.118 e. The van der Waals surface area contributed by atoms with Crippen LogP contribution in [-0.4, -0.2) is 33.3 Å². The van der Waals surface area contributed by atoms with Gasteiger partial charge in [-0.1, -0.05) is 6.42 Å². The summed E-state index contributed by atoms with van der Waals surface area (Å²) in [6.07, 6.45) is 7.87. The minimum atomic E-state index is -0.00553. The van der Waals surface area contributed by atoms with Crippen LogP contribution in [0.2, 0.25) is 0 Å². The van der Waals surface area contributed by atoms with Crippen LogP contribution in [0.5, 0.6) is 0 Å². The fourth-order valence-corrected chi connectivity index (χ4v) is 5.92. The summed E-state index contributed by atoms with van der Waals surface area (Å²) in [5, 5.41) is 0. The van der Waals surface area contributed by atoms with Crippen molar-refractivity contribution in [3.63, 3.8) is 0 Å². The minimum Gasteiger partial charge on any atom is -0.381 e. The van der Waals surface area contributed by atoms with Gasteiger partial charge in [0.1, 0.15) is 8.67 Å². The predicted octanol–water partition coefficient (Wildman–Crippen LogP) is 1.46. The van der Waals surface area contributed by atoms with Crippen molar-refractivity contribution < 1.29 is 4.74 Å². The van der Waals surface area contributed by atoms with Crippen molar-refractivity contribution in [3.05, 3.63) is 0 Å². The third-order valence-corrected chi connectivity index (χ3v) is 7.09. The van der Waals surface area contributed by atoms with Gasteiger partial charge in [0.05, 0.1) is 5.73 Å². The summed E-state index contributed by atoms with van der Waals surface area (Å²) in [6, 6.07) is 0. The molecular weight excluding hydrogens is 210 g/mol. The Kier molecular flexibility index (Phi) is 7.86. The second-order valence-corrected chi connectivity index (χ2v) is 8.20. The molecule has 1 atom stereocenters. The number of hydrogen-bond acceptors (Lipinski definition) is 3. The van der Waals surface area contributed by atoms with E-state index in [4.69, 9.17) is 10.5 Å². The number of nitrogens with two attached hydrogens (primary N) is 1. The minimum absolute atomic E-state index is 0.00553. The normalized spacial score (nSPS) is 23.4. The summed E-state index contributed by atoms with van der Waals surface area (Å²) in [5.74, 6) is 1.34. The molecule has 0 aromatic rings. The maximum Gasteiger partial charge on any atom is 0.118 e. The molecule has 1 heterocycles. The lowest BCUT2D eigenvalue weighted by Gasteiger charge is -2.21. The predicted molar refractivity (Wildman–Crippen MR) is 67.5 cm³/mol. The number of rotatable bonds is 7. The summed E-state index contributed by atoms with van der Waals surface area (Å²) >= 11 is 2.18. The summed E-state index contributed by atoms with van der Waals surface area (Å²) in [7, 11) is -0.00553. The van der Waals surface area contributed by atoms with Crippen molar-refractivity contribution in [2.75, 3.05) is 18.9 Å². The van der Waals surface area contributed by atoms with Gasteiger partial charge in [0.15, 0.2) is 0 Å². The Morgan fingerprint density at radius 3 is 2.93 bits per heavy atom. The Hall–Kier alpha value is 0.487. The van der Waals surface area contributed by atoms with Crippen LogP contribution in [0.25, 0.3) is 0 Å². The molecule has 84 valence electrons. The van der Waals surface area contributed by atoms with Crippen LogP contribution in [0, 0.1) is 0 Å². The van der Waals surface area contributed by atoms with Crippen molar-refractivity contribution in [3.8, 4) is 0 Å². The Morgan fingerprint density at radius 1 is 1.29 bits per heavy atom. The van der Waals surface area contributed by atoms with Crippen molar-refractivity contribution >= 4 is 19.9 Å². The molecule has 1 unspecified atom stereocenters. The van der Waals surface area contributed by atoms with Crippen molar-refractivity contribution in [1.82, 2.24) is 0 Å². The van der Waals surface area contributed by atoms with Crippen LogP contribution < -0.4 is 5.73 Å². The average Bonchev–Trinajstić information content (AvgIpc) is 2.25. The van der Waals surface area contributed by atoms with Crippen LogP contribution in [0.4, 0.5) is 0 Å². The summed E-state index contributed by atoms with van der Waals surface area (Å²) < 4.78 is 5.73. The van der Waals surface area contributed by atoms with Gasteiger partial charge in [0, 0.05) is 6.61 Å². The van der Waals surface area contributed by atoms with Gasteiger partial charge in [-0.3, -0.25) is 0 Å². The second kappa shape index (κ2) is 8.77. The van der Waals surface area contributed by atoms with Crippen LogP contribution in [0.15, 0.2) is 0 Å². The molecule has 0 aromatic heterocycles. The molecule has 1 rings (SSSR count). The largest absolute Gasteiger partial charge is 0.381 e. The molecule has 0 aliphatic carbocycles. The quantitative estimate of drug-likeness (QED) is 0.534. The first kappa shape index (κ1) is 12.6. The van der Waals surface area contributed by atoms with E-state index in [9.17, 15) is 0 Å². The SMILES string of the molecule is NCCCCCS[SiH2]C1CCCCO1. The summed E-state index contributed by atoms with van der Waals surface area (Å²) in [4.78, 5) is 0. The zero-order chi connectivity index (χ0) is 10.1. The highest BCUT2D eigenvalue weighted by molar-refractivity contribution is 8.22. The van der Waals surface area contributed by atoms with Gasteiger partial charge in [0.2, 0.25) is 0 Å². The van der Waals surface area contributed by atoms with Crippen LogP contribution >= 0.6 is 11.2 Å². The molecule has 1 aliphatic rings. The van der Waals surface area contributed by atoms with E-state index < -0.39 is 0 Å². The van der Waals surface area contributed by atoms with Crippen molar-refractivity contribution in [1.29, 1.82) is 0 Å². The molecule has 0 radical (unpaired) electrons. The third-order valence-electron chi connectivity index (χ3n) is 2.57. The summed E-state index contributed by atoms with van der Waals surface area (Å²) in [5.41, 5.74) is 6.13. The van der Waals surface area contributed by atoms with E-state index in [1.54, 1.807) is 0 Å². The molecule has 4 heteroatoms. The Morgan fingerprint density at radius 2 is 2.21 bits per heavy atom.